The van der Waals surface area contributed by atoms with E-state index in [1.165, 1.54) is 0 Å². The monoisotopic (exact) mass is 266 g/mol. The van der Waals surface area contributed by atoms with Gasteiger partial charge in [-0.2, -0.15) is 0 Å². The van der Waals surface area contributed by atoms with Crippen molar-refractivity contribution in [2.75, 3.05) is 0 Å². The molecule has 0 unspecified atom stereocenters. The van der Waals surface area contributed by atoms with E-state index in [-0.39, 0.29) is 11.7 Å². The summed E-state index contributed by atoms with van der Waals surface area (Å²) in [6.45, 7) is 0.293. The number of carbonyl (C=O) groups excluding carboxylic acids is 1. The summed E-state index contributed by atoms with van der Waals surface area (Å²) in [6.07, 6.45) is 0. The summed E-state index contributed by atoms with van der Waals surface area (Å²) in [6, 6.07) is 16.5. The summed E-state index contributed by atoms with van der Waals surface area (Å²) >= 11 is 0. The van der Waals surface area contributed by atoms with E-state index >= 15 is 0 Å². The summed E-state index contributed by atoms with van der Waals surface area (Å²) in [4.78, 5) is 15.1. The van der Waals surface area contributed by atoms with E-state index in [1.54, 1.807) is 18.2 Å². The predicted molar refractivity (Wildman–Crippen MR) is 77.6 cm³/mol. The Morgan fingerprint density at radius 3 is 2.65 bits per heavy atom. The largest absolute Gasteiger partial charge is 0.508 e. The van der Waals surface area contributed by atoms with Crippen molar-refractivity contribution in [3.05, 3.63) is 65.9 Å². The number of aromatic hydroxyl groups is 1. The van der Waals surface area contributed by atoms with Crippen LogP contribution in [0.5, 0.6) is 5.75 Å². The molecular weight excluding hydrogens is 252 g/mol. The van der Waals surface area contributed by atoms with Gasteiger partial charge in [0.1, 0.15) is 11.4 Å². The first kappa shape index (κ1) is 12.3. The Balaban J connectivity index is 1.75. The molecule has 1 amide bonds. The first-order valence-electron chi connectivity index (χ1n) is 6.37. The van der Waals surface area contributed by atoms with Crippen LogP contribution in [-0.2, 0) is 6.54 Å². The van der Waals surface area contributed by atoms with E-state index in [4.69, 9.17) is 0 Å². The topological polar surface area (TPSA) is 65.1 Å². The van der Waals surface area contributed by atoms with Gasteiger partial charge in [0.15, 0.2) is 0 Å². The fourth-order valence-electron chi connectivity index (χ4n) is 2.13. The molecule has 1 heterocycles. The zero-order chi connectivity index (χ0) is 13.9. The maximum Gasteiger partial charge on any atom is 0.267 e. The minimum absolute atomic E-state index is 0.185. The number of nitrogens with one attached hydrogen (secondary N) is 2. The molecule has 0 aliphatic carbocycles. The highest BCUT2D eigenvalue weighted by Gasteiger charge is 2.09. The average molecular weight is 266 g/mol. The molecule has 0 fully saturated rings. The van der Waals surface area contributed by atoms with E-state index in [1.807, 2.05) is 36.4 Å². The van der Waals surface area contributed by atoms with Crippen LogP contribution in [0, 0.1) is 0 Å². The first-order valence-corrected chi connectivity index (χ1v) is 6.37. The maximum atomic E-state index is 12.1. The lowest BCUT2D eigenvalue weighted by atomic mass is 10.2. The minimum Gasteiger partial charge on any atom is -0.508 e. The van der Waals surface area contributed by atoms with Gasteiger partial charge in [0.25, 0.3) is 5.91 Å². The van der Waals surface area contributed by atoms with E-state index in [0.29, 0.717) is 17.8 Å². The lowest BCUT2D eigenvalue weighted by molar-refractivity contribution is 0.0946. The lowest BCUT2D eigenvalue weighted by Gasteiger charge is -2.05. The summed E-state index contributed by atoms with van der Waals surface area (Å²) in [5.41, 5.74) is 2.14. The number of carbonyl (C=O) groups is 1. The number of hydrogen-bond acceptors (Lipinski definition) is 2. The van der Waals surface area contributed by atoms with E-state index in [2.05, 4.69) is 10.3 Å². The van der Waals surface area contributed by atoms with Crippen molar-refractivity contribution < 1.29 is 9.90 Å². The third kappa shape index (κ3) is 2.36. The van der Waals surface area contributed by atoms with Gasteiger partial charge in [-0.3, -0.25) is 4.79 Å². The van der Waals surface area contributed by atoms with Gasteiger partial charge in [0.2, 0.25) is 0 Å². The fourth-order valence-corrected chi connectivity index (χ4v) is 2.13. The maximum absolute atomic E-state index is 12.1. The molecule has 0 spiro atoms. The van der Waals surface area contributed by atoms with Crippen LogP contribution < -0.4 is 5.32 Å². The SMILES string of the molecule is O=C(NCc1ccccc1O)c1cc2ccccc2[nH]1. The number of phenolic OH excluding ortho intramolecular Hbond substituents is 1. The second kappa shape index (κ2) is 5.09. The van der Waals surface area contributed by atoms with Crippen LogP contribution in [0.2, 0.25) is 0 Å². The van der Waals surface area contributed by atoms with E-state index < -0.39 is 0 Å². The normalized spacial score (nSPS) is 10.6. The van der Waals surface area contributed by atoms with Gasteiger partial charge in [-0.05, 0) is 18.2 Å². The van der Waals surface area contributed by atoms with Gasteiger partial charge in [-0.1, -0.05) is 36.4 Å². The van der Waals surface area contributed by atoms with E-state index in [9.17, 15) is 9.90 Å². The Morgan fingerprint density at radius 1 is 1.10 bits per heavy atom. The molecule has 2 aromatic carbocycles. The number of rotatable bonds is 3. The molecule has 4 nitrogen and oxygen atoms in total. The average Bonchev–Trinajstić information content (AvgIpc) is 2.90. The molecule has 0 saturated carbocycles. The summed E-state index contributed by atoms with van der Waals surface area (Å²) in [5, 5.41) is 13.4. The van der Waals surface area contributed by atoms with E-state index in [0.717, 1.165) is 10.9 Å². The van der Waals surface area contributed by atoms with Crippen molar-refractivity contribution in [2.24, 2.45) is 0 Å². The summed E-state index contributed by atoms with van der Waals surface area (Å²) < 4.78 is 0. The Kier molecular flexibility index (Phi) is 3.13. The number of benzene rings is 2. The van der Waals surface area contributed by atoms with Crippen molar-refractivity contribution in [3.8, 4) is 5.75 Å². The van der Waals surface area contributed by atoms with Crippen molar-refractivity contribution in [2.45, 2.75) is 6.54 Å². The van der Waals surface area contributed by atoms with Crippen molar-refractivity contribution in [1.29, 1.82) is 0 Å². The van der Waals surface area contributed by atoms with Gasteiger partial charge in [0, 0.05) is 23.0 Å². The molecular formula is C16H14N2O2. The molecule has 0 radical (unpaired) electrons. The van der Waals surface area contributed by atoms with Crippen LogP contribution in [0.25, 0.3) is 10.9 Å². The second-order valence-corrected chi connectivity index (χ2v) is 4.58. The molecule has 0 aliphatic heterocycles. The molecule has 3 N–H and O–H groups in total. The molecule has 0 atom stereocenters. The number of H-pyrrole nitrogens is 1. The van der Waals surface area contributed by atoms with Crippen LogP contribution in [0.4, 0.5) is 0 Å². The summed E-state index contributed by atoms with van der Waals surface area (Å²) in [7, 11) is 0. The van der Waals surface area contributed by atoms with Gasteiger partial charge in [0.05, 0.1) is 0 Å². The van der Waals surface area contributed by atoms with Crippen molar-refractivity contribution >= 4 is 16.8 Å². The standard InChI is InChI=1S/C16H14N2O2/c19-15-8-4-2-6-12(15)10-17-16(20)14-9-11-5-1-3-7-13(11)18-14/h1-9,18-19H,10H2,(H,17,20). The molecule has 20 heavy (non-hydrogen) atoms. The third-order valence-corrected chi connectivity index (χ3v) is 3.21. The highest BCUT2D eigenvalue weighted by Crippen LogP contribution is 2.16. The Morgan fingerprint density at radius 2 is 1.85 bits per heavy atom. The van der Waals surface area contributed by atoms with Crippen LogP contribution in [0.15, 0.2) is 54.6 Å². The van der Waals surface area contributed by atoms with Crippen LogP contribution in [0.3, 0.4) is 0 Å². The molecule has 0 saturated heterocycles. The number of phenols is 1. The van der Waals surface area contributed by atoms with Gasteiger partial charge in [-0.25, -0.2) is 0 Å². The van der Waals surface area contributed by atoms with Crippen LogP contribution in [-0.4, -0.2) is 16.0 Å². The van der Waals surface area contributed by atoms with Crippen molar-refractivity contribution in [1.82, 2.24) is 10.3 Å². The molecule has 0 aliphatic rings. The smallest absolute Gasteiger partial charge is 0.267 e. The molecule has 100 valence electrons. The Labute approximate surface area is 116 Å². The number of para-hydroxylation sites is 2. The molecule has 1 aromatic heterocycles. The molecule has 3 aromatic rings. The predicted octanol–water partition coefficient (Wildman–Crippen LogP) is 2.80. The van der Waals surface area contributed by atoms with Crippen LogP contribution >= 0.6 is 0 Å². The molecule has 0 bridgehead atoms. The Hall–Kier alpha value is -2.75. The highest BCUT2D eigenvalue weighted by atomic mass is 16.3. The molecule has 3 rings (SSSR count). The second-order valence-electron chi connectivity index (χ2n) is 4.58. The zero-order valence-electron chi connectivity index (χ0n) is 10.8. The third-order valence-electron chi connectivity index (χ3n) is 3.21. The zero-order valence-corrected chi connectivity index (χ0v) is 10.8. The number of hydrogen-bond donors (Lipinski definition) is 3. The first-order chi connectivity index (χ1) is 9.74. The minimum atomic E-state index is -0.190. The number of amides is 1. The van der Waals surface area contributed by atoms with Gasteiger partial charge < -0.3 is 15.4 Å². The quantitative estimate of drug-likeness (QED) is 0.682. The fraction of sp³-hybridized carbons (Fsp3) is 0.0625. The Bertz CT molecular complexity index is 729. The number of aromatic amines is 1. The number of fused-ring (bicyclic) bond motifs is 1. The summed E-state index contributed by atoms with van der Waals surface area (Å²) in [5.74, 6) is -0.00565. The lowest BCUT2D eigenvalue weighted by Crippen LogP contribution is -2.23. The highest BCUT2D eigenvalue weighted by molar-refractivity contribution is 5.97. The number of aromatic nitrogens is 1. The molecule has 4 heteroatoms. The van der Waals surface area contributed by atoms with Gasteiger partial charge in [-0.15, -0.1) is 0 Å². The van der Waals surface area contributed by atoms with Gasteiger partial charge >= 0.3 is 0 Å². The van der Waals surface area contributed by atoms with Crippen molar-refractivity contribution in [3.63, 3.8) is 0 Å². The van der Waals surface area contributed by atoms with Crippen LogP contribution in [0.1, 0.15) is 16.1 Å².